The molecule has 0 aromatic heterocycles. The van der Waals surface area contributed by atoms with Gasteiger partial charge in [-0.15, -0.1) is 0 Å². The predicted molar refractivity (Wildman–Crippen MR) is 74.8 cm³/mol. The molecule has 19 heavy (non-hydrogen) atoms. The first-order valence-corrected chi connectivity index (χ1v) is 6.85. The van der Waals surface area contributed by atoms with E-state index < -0.39 is 0 Å². The quantitative estimate of drug-likeness (QED) is 0.729. The number of hydrogen-bond acceptors (Lipinski definition) is 4. The molecule has 1 N–H and O–H groups in total. The van der Waals surface area contributed by atoms with E-state index in [-0.39, 0.29) is 0 Å². The minimum absolute atomic E-state index is 0.469. The summed E-state index contributed by atoms with van der Waals surface area (Å²) < 4.78 is 16.1. The lowest BCUT2D eigenvalue weighted by Gasteiger charge is -2.13. The Morgan fingerprint density at radius 3 is 2.84 bits per heavy atom. The summed E-state index contributed by atoms with van der Waals surface area (Å²) in [5.74, 6) is 1.01. The minimum atomic E-state index is 0.469. The van der Waals surface area contributed by atoms with Gasteiger partial charge in [0.05, 0.1) is 19.8 Å². The SMILES string of the molecule is CNC1CCc2c(OCCOCCOC)cccc21. The molecule has 0 amide bonds. The monoisotopic (exact) mass is 265 g/mol. The second-order valence-electron chi connectivity index (χ2n) is 4.66. The lowest BCUT2D eigenvalue weighted by atomic mass is 10.1. The molecule has 0 aliphatic heterocycles. The van der Waals surface area contributed by atoms with E-state index in [0.29, 0.717) is 32.5 Å². The molecule has 1 aliphatic carbocycles. The van der Waals surface area contributed by atoms with Crippen LogP contribution >= 0.6 is 0 Å². The number of ether oxygens (including phenoxy) is 3. The van der Waals surface area contributed by atoms with Crippen molar-refractivity contribution in [3.8, 4) is 5.75 Å². The Balaban J connectivity index is 1.83. The molecule has 0 spiro atoms. The first kappa shape index (κ1) is 14.3. The highest BCUT2D eigenvalue weighted by Gasteiger charge is 2.23. The molecular weight excluding hydrogens is 242 g/mol. The van der Waals surface area contributed by atoms with Crippen LogP contribution in [-0.2, 0) is 15.9 Å². The van der Waals surface area contributed by atoms with Crippen LogP contribution in [-0.4, -0.2) is 40.6 Å². The summed E-state index contributed by atoms with van der Waals surface area (Å²) in [5.41, 5.74) is 2.72. The molecule has 4 nitrogen and oxygen atoms in total. The van der Waals surface area contributed by atoms with Crippen LogP contribution in [0.1, 0.15) is 23.6 Å². The van der Waals surface area contributed by atoms with Crippen LogP contribution in [0.2, 0.25) is 0 Å². The van der Waals surface area contributed by atoms with Crippen molar-refractivity contribution in [3.05, 3.63) is 29.3 Å². The van der Waals surface area contributed by atoms with E-state index in [9.17, 15) is 0 Å². The first-order chi connectivity index (χ1) is 9.36. The summed E-state index contributed by atoms with van der Waals surface area (Å²) >= 11 is 0. The molecule has 2 rings (SSSR count). The Morgan fingerprint density at radius 1 is 1.21 bits per heavy atom. The molecule has 106 valence electrons. The molecule has 1 aromatic carbocycles. The topological polar surface area (TPSA) is 39.7 Å². The van der Waals surface area contributed by atoms with Gasteiger partial charge in [-0.1, -0.05) is 12.1 Å². The molecular formula is C15H23NO3. The van der Waals surface area contributed by atoms with Crippen molar-refractivity contribution in [1.82, 2.24) is 5.32 Å². The molecule has 1 atom stereocenters. The molecule has 1 aromatic rings. The summed E-state index contributed by atoms with van der Waals surface area (Å²) in [7, 11) is 3.68. The van der Waals surface area contributed by atoms with E-state index in [2.05, 4.69) is 17.4 Å². The number of methoxy groups -OCH3 is 1. The van der Waals surface area contributed by atoms with Crippen LogP contribution < -0.4 is 10.1 Å². The zero-order valence-electron chi connectivity index (χ0n) is 11.8. The van der Waals surface area contributed by atoms with E-state index in [0.717, 1.165) is 18.6 Å². The number of fused-ring (bicyclic) bond motifs is 1. The van der Waals surface area contributed by atoms with Crippen LogP contribution in [0, 0.1) is 0 Å². The van der Waals surface area contributed by atoms with Crippen LogP contribution in [0.25, 0.3) is 0 Å². The largest absolute Gasteiger partial charge is 0.491 e. The zero-order chi connectivity index (χ0) is 13.5. The Hall–Kier alpha value is -1.10. The third kappa shape index (κ3) is 3.69. The maximum absolute atomic E-state index is 5.83. The van der Waals surface area contributed by atoms with Crippen LogP contribution in [0.5, 0.6) is 5.75 Å². The Morgan fingerprint density at radius 2 is 2.05 bits per heavy atom. The van der Waals surface area contributed by atoms with E-state index in [1.807, 2.05) is 13.1 Å². The van der Waals surface area contributed by atoms with Crippen molar-refractivity contribution >= 4 is 0 Å². The standard InChI is InChI=1S/C15H23NO3/c1-16-14-7-6-13-12(14)4-3-5-15(13)19-11-10-18-9-8-17-2/h3-5,14,16H,6-11H2,1-2H3. The molecule has 1 aliphatic rings. The Labute approximate surface area is 115 Å². The van der Waals surface area contributed by atoms with Gasteiger partial charge in [-0.25, -0.2) is 0 Å². The van der Waals surface area contributed by atoms with Crippen LogP contribution in [0.15, 0.2) is 18.2 Å². The number of nitrogens with one attached hydrogen (secondary N) is 1. The van der Waals surface area contributed by atoms with Gasteiger partial charge < -0.3 is 19.5 Å². The zero-order valence-corrected chi connectivity index (χ0v) is 11.8. The lowest BCUT2D eigenvalue weighted by Crippen LogP contribution is -2.13. The molecule has 0 radical (unpaired) electrons. The van der Waals surface area contributed by atoms with Gasteiger partial charge in [0.2, 0.25) is 0 Å². The van der Waals surface area contributed by atoms with Crippen molar-refractivity contribution in [2.24, 2.45) is 0 Å². The third-order valence-corrected chi connectivity index (χ3v) is 3.49. The van der Waals surface area contributed by atoms with Gasteiger partial charge >= 0.3 is 0 Å². The maximum atomic E-state index is 5.83. The summed E-state index contributed by atoms with van der Waals surface area (Å²) in [6.45, 7) is 2.44. The smallest absolute Gasteiger partial charge is 0.122 e. The van der Waals surface area contributed by atoms with Crippen molar-refractivity contribution in [2.75, 3.05) is 40.6 Å². The van der Waals surface area contributed by atoms with Gasteiger partial charge in [-0.2, -0.15) is 0 Å². The average Bonchev–Trinajstić information content (AvgIpc) is 2.86. The minimum Gasteiger partial charge on any atom is -0.491 e. The second kappa shape index (κ2) is 7.48. The van der Waals surface area contributed by atoms with E-state index in [1.165, 1.54) is 11.1 Å². The molecule has 0 saturated carbocycles. The van der Waals surface area contributed by atoms with Crippen LogP contribution in [0.3, 0.4) is 0 Å². The lowest BCUT2D eigenvalue weighted by molar-refractivity contribution is 0.0543. The van der Waals surface area contributed by atoms with Crippen molar-refractivity contribution < 1.29 is 14.2 Å². The Kier molecular flexibility index (Phi) is 5.63. The highest BCUT2D eigenvalue weighted by molar-refractivity contribution is 5.45. The normalized spacial score (nSPS) is 17.5. The second-order valence-corrected chi connectivity index (χ2v) is 4.66. The van der Waals surface area contributed by atoms with Crippen molar-refractivity contribution in [2.45, 2.75) is 18.9 Å². The summed E-state index contributed by atoms with van der Waals surface area (Å²) in [4.78, 5) is 0. The number of rotatable bonds is 8. The highest BCUT2D eigenvalue weighted by atomic mass is 16.5. The number of benzene rings is 1. The third-order valence-electron chi connectivity index (χ3n) is 3.49. The van der Waals surface area contributed by atoms with Gasteiger partial charge in [0.15, 0.2) is 0 Å². The molecule has 1 unspecified atom stereocenters. The van der Waals surface area contributed by atoms with E-state index in [4.69, 9.17) is 14.2 Å². The summed E-state index contributed by atoms with van der Waals surface area (Å²) in [6, 6.07) is 6.77. The molecule has 0 heterocycles. The fourth-order valence-corrected chi connectivity index (χ4v) is 2.51. The summed E-state index contributed by atoms with van der Waals surface area (Å²) in [6.07, 6.45) is 2.23. The van der Waals surface area contributed by atoms with Gasteiger partial charge in [0, 0.05) is 13.2 Å². The predicted octanol–water partition coefficient (Wildman–Crippen LogP) is 1.94. The fraction of sp³-hybridized carbons (Fsp3) is 0.600. The molecule has 0 fully saturated rings. The van der Waals surface area contributed by atoms with Gasteiger partial charge in [-0.05, 0) is 37.1 Å². The summed E-state index contributed by atoms with van der Waals surface area (Å²) in [5, 5.41) is 3.34. The van der Waals surface area contributed by atoms with Crippen molar-refractivity contribution in [3.63, 3.8) is 0 Å². The maximum Gasteiger partial charge on any atom is 0.122 e. The molecule has 4 heteroatoms. The van der Waals surface area contributed by atoms with Crippen LogP contribution in [0.4, 0.5) is 0 Å². The molecule has 0 bridgehead atoms. The van der Waals surface area contributed by atoms with E-state index in [1.54, 1.807) is 7.11 Å². The highest BCUT2D eigenvalue weighted by Crippen LogP contribution is 2.36. The van der Waals surface area contributed by atoms with Gasteiger partial charge in [0.1, 0.15) is 12.4 Å². The fourth-order valence-electron chi connectivity index (χ4n) is 2.51. The average molecular weight is 265 g/mol. The van der Waals surface area contributed by atoms with E-state index >= 15 is 0 Å². The van der Waals surface area contributed by atoms with Gasteiger partial charge in [-0.3, -0.25) is 0 Å². The van der Waals surface area contributed by atoms with Gasteiger partial charge in [0.25, 0.3) is 0 Å². The Bertz CT molecular complexity index is 395. The van der Waals surface area contributed by atoms with Crippen molar-refractivity contribution in [1.29, 1.82) is 0 Å². The number of hydrogen-bond donors (Lipinski definition) is 1. The first-order valence-electron chi connectivity index (χ1n) is 6.85. The molecule has 0 saturated heterocycles.